The standard InChI is InChI=1S/C17H18ClNO3/c1-9-6-12-13(7-10(9)2)17(21)19(16(12)20)14-8-11(18)4-5-15(14)22-3/h4-5,8,12-13H,6-7H2,1-3H3. The Hall–Kier alpha value is -1.81. The van der Waals surface area contributed by atoms with Crippen LogP contribution >= 0.6 is 11.6 Å². The van der Waals surface area contributed by atoms with Gasteiger partial charge in [0.15, 0.2) is 0 Å². The quantitative estimate of drug-likeness (QED) is 0.618. The second-order valence-corrected chi connectivity index (χ2v) is 6.45. The summed E-state index contributed by atoms with van der Waals surface area (Å²) >= 11 is 6.03. The van der Waals surface area contributed by atoms with Crippen molar-refractivity contribution in [2.75, 3.05) is 12.0 Å². The summed E-state index contributed by atoms with van der Waals surface area (Å²) in [7, 11) is 1.51. The van der Waals surface area contributed by atoms with Gasteiger partial charge in [-0.15, -0.1) is 0 Å². The number of imide groups is 1. The molecule has 1 aliphatic heterocycles. The average molecular weight is 320 g/mol. The van der Waals surface area contributed by atoms with Crippen molar-refractivity contribution in [2.24, 2.45) is 11.8 Å². The van der Waals surface area contributed by atoms with Gasteiger partial charge in [-0.1, -0.05) is 22.7 Å². The zero-order valence-corrected chi connectivity index (χ0v) is 13.6. The number of allylic oxidation sites excluding steroid dienone is 2. The van der Waals surface area contributed by atoms with E-state index in [1.165, 1.54) is 23.2 Å². The number of hydrogen-bond donors (Lipinski definition) is 0. The van der Waals surface area contributed by atoms with E-state index in [4.69, 9.17) is 16.3 Å². The maximum atomic E-state index is 12.8. The van der Waals surface area contributed by atoms with Crippen LogP contribution in [0.2, 0.25) is 5.02 Å². The molecule has 4 nitrogen and oxygen atoms in total. The monoisotopic (exact) mass is 319 g/mol. The summed E-state index contributed by atoms with van der Waals surface area (Å²) in [6.07, 6.45) is 1.31. The summed E-state index contributed by atoms with van der Waals surface area (Å²) in [5.41, 5.74) is 2.86. The van der Waals surface area contributed by atoms with Crippen molar-refractivity contribution in [3.8, 4) is 5.75 Å². The van der Waals surface area contributed by atoms with E-state index in [1.807, 2.05) is 13.8 Å². The van der Waals surface area contributed by atoms with E-state index in [9.17, 15) is 9.59 Å². The number of carbonyl (C=O) groups is 2. The molecule has 0 aromatic heterocycles. The molecular weight excluding hydrogens is 302 g/mol. The zero-order valence-electron chi connectivity index (χ0n) is 12.9. The maximum Gasteiger partial charge on any atom is 0.238 e. The van der Waals surface area contributed by atoms with Crippen molar-refractivity contribution in [3.63, 3.8) is 0 Å². The van der Waals surface area contributed by atoms with Crippen LogP contribution in [0.5, 0.6) is 5.75 Å². The molecule has 3 rings (SSSR count). The Morgan fingerprint density at radius 1 is 1.09 bits per heavy atom. The minimum atomic E-state index is -0.264. The van der Waals surface area contributed by atoms with Crippen molar-refractivity contribution >= 4 is 29.1 Å². The van der Waals surface area contributed by atoms with Crippen LogP contribution in [0.4, 0.5) is 5.69 Å². The number of benzene rings is 1. The highest BCUT2D eigenvalue weighted by molar-refractivity contribution is 6.31. The minimum Gasteiger partial charge on any atom is -0.495 e. The molecule has 0 bridgehead atoms. The molecule has 22 heavy (non-hydrogen) atoms. The normalized spacial score (nSPS) is 24.8. The minimum absolute atomic E-state index is 0.151. The fraction of sp³-hybridized carbons (Fsp3) is 0.412. The van der Waals surface area contributed by atoms with Gasteiger partial charge in [-0.25, -0.2) is 4.90 Å². The van der Waals surface area contributed by atoms with E-state index in [1.54, 1.807) is 18.2 Å². The fourth-order valence-corrected chi connectivity index (χ4v) is 3.49. The number of hydrogen-bond acceptors (Lipinski definition) is 3. The van der Waals surface area contributed by atoms with Gasteiger partial charge in [0.2, 0.25) is 11.8 Å². The van der Waals surface area contributed by atoms with Gasteiger partial charge >= 0.3 is 0 Å². The zero-order chi connectivity index (χ0) is 16.0. The molecule has 0 radical (unpaired) electrons. The second-order valence-electron chi connectivity index (χ2n) is 6.01. The van der Waals surface area contributed by atoms with Gasteiger partial charge < -0.3 is 4.74 Å². The second kappa shape index (κ2) is 5.43. The van der Waals surface area contributed by atoms with Crippen LogP contribution in [0.15, 0.2) is 29.3 Å². The Morgan fingerprint density at radius 3 is 2.14 bits per heavy atom. The Balaban J connectivity index is 2.03. The van der Waals surface area contributed by atoms with Crippen molar-refractivity contribution < 1.29 is 14.3 Å². The SMILES string of the molecule is COc1ccc(Cl)cc1N1C(=O)C2CC(C)=C(C)CC2C1=O. The Bertz CT molecular complexity index is 663. The van der Waals surface area contributed by atoms with Crippen LogP contribution in [0.3, 0.4) is 0 Å². The molecule has 116 valence electrons. The van der Waals surface area contributed by atoms with E-state index in [0.29, 0.717) is 29.3 Å². The molecule has 0 saturated carbocycles. The van der Waals surface area contributed by atoms with Crippen LogP contribution < -0.4 is 9.64 Å². The Labute approximate surface area is 134 Å². The van der Waals surface area contributed by atoms with Crippen molar-refractivity contribution in [3.05, 3.63) is 34.4 Å². The lowest BCUT2D eigenvalue weighted by molar-refractivity contribution is -0.122. The first kappa shape index (κ1) is 15.1. The van der Waals surface area contributed by atoms with E-state index in [0.717, 1.165) is 0 Å². The lowest BCUT2D eigenvalue weighted by atomic mass is 9.78. The van der Waals surface area contributed by atoms with E-state index in [2.05, 4.69) is 0 Å². The molecule has 5 heteroatoms. The highest BCUT2D eigenvalue weighted by atomic mass is 35.5. The van der Waals surface area contributed by atoms with Crippen molar-refractivity contribution in [1.29, 1.82) is 0 Å². The third-order valence-electron chi connectivity index (χ3n) is 4.72. The predicted molar refractivity (Wildman–Crippen MR) is 85.1 cm³/mol. The largest absolute Gasteiger partial charge is 0.495 e. The average Bonchev–Trinajstić information content (AvgIpc) is 2.71. The van der Waals surface area contributed by atoms with E-state index >= 15 is 0 Å². The van der Waals surface area contributed by atoms with Crippen LogP contribution in [0, 0.1) is 11.8 Å². The molecule has 1 saturated heterocycles. The summed E-state index contributed by atoms with van der Waals surface area (Å²) in [6, 6.07) is 4.97. The van der Waals surface area contributed by atoms with Gasteiger partial charge in [0.05, 0.1) is 24.6 Å². The Kier molecular flexibility index (Phi) is 3.73. The molecule has 1 heterocycles. The summed E-state index contributed by atoms with van der Waals surface area (Å²) in [5.74, 6) is -0.351. The predicted octanol–water partition coefficient (Wildman–Crippen LogP) is 3.58. The number of ether oxygens (including phenoxy) is 1. The van der Waals surface area contributed by atoms with Gasteiger partial charge in [-0.05, 0) is 44.9 Å². The number of amides is 2. The Morgan fingerprint density at radius 2 is 1.64 bits per heavy atom. The van der Waals surface area contributed by atoms with E-state index in [-0.39, 0.29) is 23.7 Å². The number of halogens is 1. The van der Waals surface area contributed by atoms with Gasteiger partial charge in [0, 0.05) is 5.02 Å². The molecular formula is C17H18ClNO3. The number of nitrogens with zero attached hydrogens (tertiary/aromatic N) is 1. The first-order valence-corrected chi connectivity index (χ1v) is 7.68. The van der Waals surface area contributed by atoms with Gasteiger partial charge in [0.1, 0.15) is 5.75 Å². The number of rotatable bonds is 2. The van der Waals surface area contributed by atoms with Crippen LogP contribution in [0.1, 0.15) is 26.7 Å². The highest BCUT2D eigenvalue weighted by Gasteiger charge is 2.50. The topological polar surface area (TPSA) is 46.6 Å². The fourth-order valence-electron chi connectivity index (χ4n) is 3.33. The van der Waals surface area contributed by atoms with Crippen LogP contribution in [-0.2, 0) is 9.59 Å². The molecule has 1 aromatic carbocycles. The lowest BCUT2D eigenvalue weighted by Crippen LogP contribution is -2.31. The number of fused-ring (bicyclic) bond motifs is 1. The van der Waals surface area contributed by atoms with Crippen molar-refractivity contribution in [2.45, 2.75) is 26.7 Å². The summed E-state index contributed by atoms with van der Waals surface area (Å²) in [6.45, 7) is 4.07. The van der Waals surface area contributed by atoms with Gasteiger partial charge in [-0.2, -0.15) is 0 Å². The third-order valence-corrected chi connectivity index (χ3v) is 4.96. The highest BCUT2D eigenvalue weighted by Crippen LogP contribution is 2.44. The maximum absolute atomic E-state index is 12.8. The van der Waals surface area contributed by atoms with Gasteiger partial charge in [0.25, 0.3) is 0 Å². The van der Waals surface area contributed by atoms with Crippen LogP contribution in [-0.4, -0.2) is 18.9 Å². The summed E-state index contributed by atoms with van der Waals surface area (Å²) in [4.78, 5) is 26.8. The molecule has 1 fully saturated rings. The molecule has 0 N–H and O–H groups in total. The summed E-state index contributed by atoms with van der Waals surface area (Å²) < 4.78 is 5.29. The third kappa shape index (κ3) is 2.22. The smallest absolute Gasteiger partial charge is 0.238 e. The molecule has 2 atom stereocenters. The molecule has 1 aliphatic carbocycles. The molecule has 0 spiro atoms. The molecule has 2 unspecified atom stereocenters. The number of methoxy groups -OCH3 is 1. The molecule has 2 amide bonds. The van der Waals surface area contributed by atoms with Crippen LogP contribution in [0.25, 0.3) is 0 Å². The number of anilines is 1. The summed E-state index contributed by atoms with van der Waals surface area (Å²) in [5, 5.41) is 0.469. The number of carbonyl (C=O) groups excluding carboxylic acids is 2. The lowest BCUT2D eigenvalue weighted by Gasteiger charge is -2.23. The first-order chi connectivity index (χ1) is 10.4. The van der Waals surface area contributed by atoms with Gasteiger partial charge in [-0.3, -0.25) is 9.59 Å². The molecule has 2 aliphatic rings. The van der Waals surface area contributed by atoms with Crippen molar-refractivity contribution in [1.82, 2.24) is 0 Å². The molecule has 1 aromatic rings. The first-order valence-electron chi connectivity index (χ1n) is 7.30. The van der Waals surface area contributed by atoms with E-state index < -0.39 is 0 Å².